The van der Waals surface area contributed by atoms with E-state index in [1.54, 1.807) is 61.9 Å². The van der Waals surface area contributed by atoms with Gasteiger partial charge in [-0.05, 0) is 59.9 Å². The van der Waals surface area contributed by atoms with Crippen molar-refractivity contribution in [1.82, 2.24) is 30.5 Å². The van der Waals surface area contributed by atoms with Crippen molar-refractivity contribution in [2.24, 2.45) is 5.41 Å². The summed E-state index contributed by atoms with van der Waals surface area (Å²) >= 11 is 1.56. The van der Waals surface area contributed by atoms with Gasteiger partial charge in [-0.25, -0.2) is 15.0 Å². The summed E-state index contributed by atoms with van der Waals surface area (Å²) in [6.45, 7) is 7.33. The maximum absolute atomic E-state index is 14.0. The van der Waals surface area contributed by atoms with Crippen LogP contribution in [-0.2, 0) is 25.7 Å². The summed E-state index contributed by atoms with van der Waals surface area (Å²) in [6.07, 6.45) is -4.27. The Hall–Kier alpha value is -6.11. The van der Waals surface area contributed by atoms with E-state index < -0.39 is 47.7 Å². The molecule has 1 fully saturated rings. The van der Waals surface area contributed by atoms with Gasteiger partial charge in [0, 0.05) is 36.8 Å². The fourth-order valence-electron chi connectivity index (χ4n) is 6.58. The third-order valence-electron chi connectivity index (χ3n) is 9.60. The zero-order valence-corrected chi connectivity index (χ0v) is 34.7. The molecule has 61 heavy (non-hydrogen) atoms. The van der Waals surface area contributed by atoms with Crippen LogP contribution in [0, 0.1) is 12.3 Å². The van der Waals surface area contributed by atoms with Gasteiger partial charge >= 0.3 is 6.36 Å². The topological polar surface area (TPSA) is 177 Å². The number of aliphatic hydroxyl groups excluding tert-OH is 1. The smallest absolute Gasteiger partial charge is 0.491 e. The number of aryl methyl sites for hydroxylation is 1. The fourth-order valence-corrected chi connectivity index (χ4v) is 7.39. The van der Waals surface area contributed by atoms with Crippen molar-refractivity contribution < 1.29 is 46.9 Å². The molecule has 0 aliphatic carbocycles. The molecule has 322 valence electrons. The highest BCUT2D eigenvalue weighted by Crippen LogP contribution is 2.30. The molecule has 0 spiro atoms. The van der Waals surface area contributed by atoms with Gasteiger partial charge in [0.2, 0.25) is 17.7 Å². The lowest BCUT2D eigenvalue weighted by atomic mass is 9.85. The summed E-state index contributed by atoms with van der Waals surface area (Å²) in [7, 11) is 0. The number of alkyl halides is 3. The number of nitrogens with one attached hydrogen (secondary N) is 3. The molecule has 2 aromatic heterocycles. The van der Waals surface area contributed by atoms with Gasteiger partial charge in [0.05, 0.1) is 34.5 Å². The van der Waals surface area contributed by atoms with E-state index in [9.17, 15) is 32.7 Å². The van der Waals surface area contributed by atoms with E-state index in [0.717, 1.165) is 21.7 Å². The minimum Gasteiger partial charge on any atom is -0.491 e. The first-order chi connectivity index (χ1) is 29.0. The molecule has 18 heteroatoms. The van der Waals surface area contributed by atoms with Gasteiger partial charge in [-0.1, -0.05) is 57.2 Å². The second kappa shape index (κ2) is 19.5. The molecular formula is C43H46F3N7O7S. The van der Waals surface area contributed by atoms with E-state index in [-0.39, 0.29) is 45.1 Å². The molecule has 3 unspecified atom stereocenters. The Morgan fingerprint density at radius 3 is 2.38 bits per heavy atom. The summed E-state index contributed by atoms with van der Waals surface area (Å²) in [5.41, 5.74) is 5.65. The second-order valence-corrected chi connectivity index (χ2v) is 16.2. The average Bonchev–Trinajstić information content (AvgIpc) is 3.84. The minimum absolute atomic E-state index is 0.0475. The molecular weight excluding hydrogens is 816 g/mol. The van der Waals surface area contributed by atoms with E-state index >= 15 is 0 Å². The SMILES string of the molecule is Cc1ncsc1-c1ccc(CNC(=O)C2CC(O)CN2C(=O)C(NC(=O)COCCOc2cccc(-c3cc(Nc4ccc(OC(F)(F)F)cc4)ncn3)c2)C(C)(C)C)cc1. The number of amides is 3. The molecule has 1 aliphatic rings. The molecule has 14 nitrogen and oxygen atoms in total. The van der Waals surface area contributed by atoms with Crippen LogP contribution in [0.1, 0.15) is 38.4 Å². The zero-order valence-electron chi connectivity index (χ0n) is 33.9. The number of aliphatic hydroxyl groups is 1. The van der Waals surface area contributed by atoms with Gasteiger partial charge in [0.25, 0.3) is 0 Å². The number of rotatable bonds is 16. The number of thiazole rings is 1. The average molecular weight is 862 g/mol. The maximum Gasteiger partial charge on any atom is 0.573 e. The minimum atomic E-state index is -4.79. The first-order valence-corrected chi connectivity index (χ1v) is 20.2. The van der Waals surface area contributed by atoms with Gasteiger partial charge in [-0.15, -0.1) is 24.5 Å². The number of aromatic nitrogens is 3. The predicted octanol–water partition coefficient (Wildman–Crippen LogP) is 6.42. The lowest BCUT2D eigenvalue weighted by molar-refractivity contribution is -0.274. The van der Waals surface area contributed by atoms with Crippen LogP contribution in [0.5, 0.6) is 11.5 Å². The highest BCUT2D eigenvalue weighted by atomic mass is 32.1. The number of β-amino-alcohol motifs (C(OH)–C–C–N with tert-alkyl or cyclic N) is 1. The Bertz CT molecular complexity index is 2290. The van der Waals surface area contributed by atoms with E-state index in [4.69, 9.17) is 9.47 Å². The Morgan fingerprint density at radius 1 is 0.934 bits per heavy atom. The normalized spacial score (nSPS) is 15.8. The van der Waals surface area contributed by atoms with Gasteiger partial charge in [0.1, 0.15) is 48.9 Å². The molecule has 3 amide bonds. The number of nitrogens with zero attached hydrogens (tertiary/aromatic N) is 4. The number of halogens is 3. The predicted molar refractivity (Wildman–Crippen MR) is 222 cm³/mol. The third-order valence-corrected chi connectivity index (χ3v) is 10.6. The first kappa shape index (κ1) is 44.4. The molecule has 3 atom stereocenters. The molecule has 0 radical (unpaired) electrons. The van der Waals surface area contributed by atoms with Crippen LogP contribution in [0.4, 0.5) is 24.7 Å². The van der Waals surface area contributed by atoms with Gasteiger partial charge < -0.3 is 40.2 Å². The van der Waals surface area contributed by atoms with Crippen LogP contribution in [0.3, 0.4) is 0 Å². The third kappa shape index (κ3) is 12.5. The zero-order chi connectivity index (χ0) is 43.7. The number of ether oxygens (including phenoxy) is 3. The van der Waals surface area contributed by atoms with Crippen molar-refractivity contribution in [3.8, 4) is 33.2 Å². The first-order valence-electron chi connectivity index (χ1n) is 19.3. The van der Waals surface area contributed by atoms with E-state index in [0.29, 0.717) is 28.5 Å². The molecule has 1 saturated heterocycles. The Labute approximate surface area is 354 Å². The molecule has 6 rings (SSSR count). The quantitative estimate of drug-likeness (QED) is 0.0806. The number of hydrogen-bond donors (Lipinski definition) is 4. The lowest BCUT2D eigenvalue weighted by Crippen LogP contribution is -2.58. The lowest BCUT2D eigenvalue weighted by Gasteiger charge is -2.35. The molecule has 0 bridgehead atoms. The van der Waals surface area contributed by atoms with Gasteiger partial charge in [0.15, 0.2) is 0 Å². The van der Waals surface area contributed by atoms with E-state index in [1.165, 1.54) is 35.5 Å². The maximum atomic E-state index is 14.0. The molecule has 4 N–H and O–H groups in total. The molecule has 1 aliphatic heterocycles. The van der Waals surface area contributed by atoms with E-state index in [1.807, 2.05) is 37.3 Å². The molecule has 0 saturated carbocycles. The van der Waals surface area contributed by atoms with Crippen molar-refractivity contribution in [3.05, 3.63) is 102 Å². The van der Waals surface area contributed by atoms with Crippen LogP contribution < -0.4 is 25.4 Å². The Morgan fingerprint density at radius 2 is 1.69 bits per heavy atom. The van der Waals surface area contributed by atoms with Crippen LogP contribution in [-0.4, -0.2) is 93.6 Å². The van der Waals surface area contributed by atoms with Crippen molar-refractivity contribution >= 4 is 40.6 Å². The largest absolute Gasteiger partial charge is 0.573 e. The van der Waals surface area contributed by atoms with Crippen LogP contribution in [0.25, 0.3) is 21.7 Å². The van der Waals surface area contributed by atoms with Gasteiger partial charge in [-0.2, -0.15) is 0 Å². The van der Waals surface area contributed by atoms with Gasteiger partial charge in [-0.3, -0.25) is 14.4 Å². The number of carbonyl (C=O) groups is 3. The number of benzene rings is 3. The van der Waals surface area contributed by atoms with Crippen LogP contribution >= 0.6 is 11.3 Å². The molecule has 3 aromatic carbocycles. The summed E-state index contributed by atoms with van der Waals surface area (Å²) in [6, 6.07) is 19.9. The van der Waals surface area contributed by atoms with Crippen molar-refractivity contribution in [2.75, 3.05) is 31.7 Å². The monoisotopic (exact) mass is 861 g/mol. The Kier molecular flexibility index (Phi) is 14.2. The van der Waals surface area contributed by atoms with Crippen LogP contribution in [0.2, 0.25) is 0 Å². The number of anilines is 2. The highest BCUT2D eigenvalue weighted by molar-refractivity contribution is 7.13. The van der Waals surface area contributed by atoms with Crippen LogP contribution in [0.15, 0.2) is 90.7 Å². The summed E-state index contributed by atoms with van der Waals surface area (Å²) in [4.78, 5) is 55.7. The summed E-state index contributed by atoms with van der Waals surface area (Å²) < 4.78 is 52.8. The Balaban J connectivity index is 0.964. The van der Waals surface area contributed by atoms with E-state index in [2.05, 4.69) is 35.6 Å². The standard InChI is InChI=1S/C43H46F3N7O7S/c1-26-38(61-25-50-26)28-10-8-27(9-11-28)21-47-40(56)35-19-31(54)22-53(35)41(57)39(42(2,3)4)52-37(55)23-58-16-17-59-33-7-5-6-29(18-33)34-20-36(49-24-48-34)51-30-12-14-32(15-13-30)60-43(44,45)46/h5-15,18,20,24-25,31,35,39,54H,16-17,19,21-23H2,1-4H3,(H,47,56)(H,52,55)(H,48,49,51). The molecule has 3 heterocycles. The second-order valence-electron chi connectivity index (χ2n) is 15.4. The number of hydrogen-bond acceptors (Lipinski definition) is 12. The fraction of sp³-hybridized carbons (Fsp3) is 0.349. The number of likely N-dealkylation sites (tertiary alicyclic amines) is 1. The number of carbonyl (C=O) groups excluding carboxylic acids is 3. The molecule has 5 aromatic rings. The van der Waals surface area contributed by atoms with Crippen molar-refractivity contribution in [3.63, 3.8) is 0 Å². The highest BCUT2D eigenvalue weighted by Gasteiger charge is 2.44. The summed E-state index contributed by atoms with van der Waals surface area (Å²) in [5.74, 6) is -0.852. The van der Waals surface area contributed by atoms with Crippen molar-refractivity contribution in [1.29, 1.82) is 0 Å². The summed E-state index contributed by atoms with van der Waals surface area (Å²) in [5, 5.41) is 19.2. The van der Waals surface area contributed by atoms with Crippen molar-refractivity contribution in [2.45, 2.75) is 65.2 Å².